The summed E-state index contributed by atoms with van der Waals surface area (Å²) in [6.45, 7) is 3.58. The Balaban J connectivity index is 2.37. The van der Waals surface area contributed by atoms with Crippen molar-refractivity contribution in [1.29, 1.82) is 0 Å². The van der Waals surface area contributed by atoms with Crippen LogP contribution >= 0.6 is 0 Å². The highest BCUT2D eigenvalue weighted by Crippen LogP contribution is 2.38. The highest BCUT2D eigenvalue weighted by molar-refractivity contribution is 7.92. The van der Waals surface area contributed by atoms with Crippen molar-refractivity contribution in [2.45, 2.75) is 49.8 Å². The minimum Gasteiger partial charge on any atom is -0.312 e. The summed E-state index contributed by atoms with van der Waals surface area (Å²) < 4.78 is 23.3. The SMILES string of the molecule is CNC(c1cccc(C2CCC2)c1)C(C)(C)S(C)(=O)=O. The lowest BCUT2D eigenvalue weighted by atomic mass is 9.79. The highest BCUT2D eigenvalue weighted by atomic mass is 32.2. The van der Waals surface area contributed by atoms with Crippen molar-refractivity contribution in [2.24, 2.45) is 0 Å². The standard InChI is InChI=1S/C16H25NO2S/c1-16(2,20(4,18)19)15(17-3)14-10-6-9-13(11-14)12-7-5-8-12/h6,9-12,15,17H,5,7-8H2,1-4H3. The zero-order chi connectivity index (χ0) is 15.0. The molecule has 1 atom stereocenters. The van der Waals surface area contributed by atoms with Crippen molar-refractivity contribution in [2.75, 3.05) is 13.3 Å². The molecular weight excluding hydrogens is 270 g/mol. The van der Waals surface area contributed by atoms with Gasteiger partial charge in [0.2, 0.25) is 0 Å². The van der Waals surface area contributed by atoms with Gasteiger partial charge in [-0.15, -0.1) is 0 Å². The van der Waals surface area contributed by atoms with E-state index in [0.29, 0.717) is 5.92 Å². The van der Waals surface area contributed by atoms with Crippen LogP contribution in [0.2, 0.25) is 0 Å². The summed E-state index contributed by atoms with van der Waals surface area (Å²) >= 11 is 0. The number of rotatable bonds is 5. The quantitative estimate of drug-likeness (QED) is 0.908. The van der Waals surface area contributed by atoms with Crippen LogP contribution in [-0.2, 0) is 9.84 Å². The maximum Gasteiger partial charge on any atom is 0.154 e. The third kappa shape index (κ3) is 2.77. The molecule has 20 heavy (non-hydrogen) atoms. The van der Waals surface area contributed by atoms with Crippen LogP contribution in [0.3, 0.4) is 0 Å². The van der Waals surface area contributed by atoms with Gasteiger partial charge in [0.05, 0.1) is 10.8 Å². The molecule has 1 aromatic rings. The minimum atomic E-state index is -3.15. The lowest BCUT2D eigenvalue weighted by Crippen LogP contribution is -2.43. The number of benzene rings is 1. The fourth-order valence-electron chi connectivity index (χ4n) is 2.86. The Morgan fingerprint density at radius 2 is 1.95 bits per heavy atom. The van der Waals surface area contributed by atoms with Gasteiger partial charge in [-0.25, -0.2) is 8.42 Å². The van der Waals surface area contributed by atoms with E-state index in [1.54, 1.807) is 13.8 Å². The topological polar surface area (TPSA) is 46.2 Å². The van der Waals surface area contributed by atoms with E-state index in [1.165, 1.54) is 31.1 Å². The van der Waals surface area contributed by atoms with E-state index in [2.05, 4.69) is 17.4 Å². The Morgan fingerprint density at radius 1 is 1.30 bits per heavy atom. The first-order chi connectivity index (χ1) is 9.27. The lowest BCUT2D eigenvalue weighted by Gasteiger charge is -2.34. The van der Waals surface area contributed by atoms with Crippen LogP contribution in [-0.4, -0.2) is 26.5 Å². The molecule has 4 heteroatoms. The molecule has 1 unspecified atom stereocenters. The Morgan fingerprint density at radius 3 is 2.40 bits per heavy atom. The van der Waals surface area contributed by atoms with E-state index in [0.717, 1.165) is 5.56 Å². The van der Waals surface area contributed by atoms with Crippen LogP contribution in [0.5, 0.6) is 0 Å². The van der Waals surface area contributed by atoms with Gasteiger partial charge in [-0.1, -0.05) is 30.7 Å². The predicted octanol–water partition coefficient (Wildman–Crippen LogP) is 3.04. The molecule has 0 saturated heterocycles. The monoisotopic (exact) mass is 295 g/mol. The second-order valence-electron chi connectivity index (χ2n) is 6.40. The number of hydrogen-bond donors (Lipinski definition) is 1. The first-order valence-electron chi connectivity index (χ1n) is 7.24. The molecule has 0 bridgehead atoms. The molecule has 2 rings (SSSR count). The summed E-state index contributed by atoms with van der Waals surface area (Å²) in [6, 6.07) is 8.21. The number of hydrogen-bond acceptors (Lipinski definition) is 3. The Hall–Kier alpha value is -0.870. The first-order valence-corrected chi connectivity index (χ1v) is 9.13. The van der Waals surface area contributed by atoms with Crippen molar-refractivity contribution in [3.8, 4) is 0 Å². The predicted molar refractivity (Wildman–Crippen MR) is 83.8 cm³/mol. The summed E-state index contributed by atoms with van der Waals surface area (Å²) in [4.78, 5) is 0. The Kier molecular flexibility index (Phi) is 4.26. The molecular formula is C16H25NO2S. The molecule has 0 spiro atoms. The minimum absolute atomic E-state index is 0.197. The zero-order valence-corrected chi connectivity index (χ0v) is 13.6. The maximum absolute atomic E-state index is 12.1. The normalized spacial score (nSPS) is 18.6. The molecule has 112 valence electrons. The summed E-state index contributed by atoms with van der Waals surface area (Å²) in [7, 11) is -1.32. The molecule has 1 fully saturated rings. The number of nitrogens with one attached hydrogen (secondary N) is 1. The van der Waals surface area contributed by atoms with Crippen molar-refractivity contribution in [3.05, 3.63) is 35.4 Å². The Labute approximate surface area is 122 Å². The molecule has 0 heterocycles. The van der Waals surface area contributed by atoms with Crippen molar-refractivity contribution in [1.82, 2.24) is 5.32 Å². The third-order valence-electron chi connectivity index (χ3n) is 4.76. The van der Waals surface area contributed by atoms with Crippen LogP contribution in [0.1, 0.15) is 56.2 Å². The van der Waals surface area contributed by atoms with Gasteiger partial charge in [-0.3, -0.25) is 0 Å². The van der Waals surface area contributed by atoms with Crippen molar-refractivity contribution >= 4 is 9.84 Å². The average molecular weight is 295 g/mol. The van der Waals surface area contributed by atoms with Gasteiger partial charge in [0.1, 0.15) is 0 Å². The van der Waals surface area contributed by atoms with Gasteiger partial charge in [-0.2, -0.15) is 0 Å². The fourth-order valence-corrected chi connectivity index (χ4v) is 3.55. The molecule has 0 radical (unpaired) electrons. The average Bonchev–Trinajstić information content (AvgIpc) is 2.26. The molecule has 1 saturated carbocycles. The Bertz CT molecular complexity index is 574. The molecule has 1 N–H and O–H groups in total. The second-order valence-corrected chi connectivity index (χ2v) is 8.99. The van der Waals surface area contributed by atoms with Crippen LogP contribution < -0.4 is 5.32 Å². The molecule has 1 aliphatic rings. The summed E-state index contributed by atoms with van der Waals surface area (Å²) in [6.07, 6.45) is 5.12. The van der Waals surface area contributed by atoms with E-state index < -0.39 is 14.6 Å². The second kappa shape index (κ2) is 5.49. The van der Waals surface area contributed by atoms with Crippen LogP contribution in [0.25, 0.3) is 0 Å². The lowest BCUT2D eigenvalue weighted by molar-refractivity contribution is 0.416. The molecule has 1 aliphatic carbocycles. The third-order valence-corrected chi connectivity index (χ3v) is 6.91. The fraction of sp³-hybridized carbons (Fsp3) is 0.625. The van der Waals surface area contributed by atoms with Crippen molar-refractivity contribution < 1.29 is 8.42 Å². The van der Waals surface area contributed by atoms with E-state index in [9.17, 15) is 8.42 Å². The van der Waals surface area contributed by atoms with Crippen LogP contribution in [0.4, 0.5) is 0 Å². The van der Waals surface area contributed by atoms with E-state index in [-0.39, 0.29) is 6.04 Å². The van der Waals surface area contributed by atoms with E-state index >= 15 is 0 Å². The van der Waals surface area contributed by atoms with Gasteiger partial charge < -0.3 is 5.32 Å². The number of sulfone groups is 1. The van der Waals surface area contributed by atoms with Gasteiger partial charge in [0.25, 0.3) is 0 Å². The molecule has 0 aliphatic heterocycles. The van der Waals surface area contributed by atoms with Gasteiger partial charge >= 0.3 is 0 Å². The summed E-state index contributed by atoms with van der Waals surface area (Å²) in [5.41, 5.74) is 2.41. The van der Waals surface area contributed by atoms with Gasteiger partial charge in [0.15, 0.2) is 9.84 Å². The first kappa shape index (κ1) is 15.5. The van der Waals surface area contributed by atoms with E-state index in [4.69, 9.17) is 0 Å². The maximum atomic E-state index is 12.1. The van der Waals surface area contributed by atoms with Crippen LogP contribution in [0.15, 0.2) is 24.3 Å². The van der Waals surface area contributed by atoms with Crippen molar-refractivity contribution in [3.63, 3.8) is 0 Å². The molecule has 0 amide bonds. The molecule has 1 aromatic carbocycles. The summed E-state index contributed by atoms with van der Waals surface area (Å²) in [5.74, 6) is 0.661. The van der Waals surface area contributed by atoms with Crippen LogP contribution in [0, 0.1) is 0 Å². The zero-order valence-electron chi connectivity index (χ0n) is 12.8. The van der Waals surface area contributed by atoms with Gasteiger partial charge in [0, 0.05) is 6.26 Å². The van der Waals surface area contributed by atoms with Gasteiger partial charge in [-0.05, 0) is 50.8 Å². The summed E-state index contributed by atoms with van der Waals surface area (Å²) in [5, 5.41) is 3.19. The highest BCUT2D eigenvalue weighted by Gasteiger charge is 2.39. The smallest absolute Gasteiger partial charge is 0.154 e. The molecule has 3 nitrogen and oxygen atoms in total. The van der Waals surface area contributed by atoms with E-state index in [1.807, 2.05) is 19.2 Å². The molecule has 0 aromatic heterocycles. The largest absolute Gasteiger partial charge is 0.312 e.